The van der Waals surface area contributed by atoms with E-state index in [9.17, 15) is 4.79 Å². The number of carboxylic acid groups (broad SMARTS) is 1. The number of ether oxygens (including phenoxy) is 2. The van der Waals surface area contributed by atoms with Gasteiger partial charge in [0.15, 0.2) is 0 Å². The first kappa shape index (κ1) is 19.2. The van der Waals surface area contributed by atoms with E-state index in [1.807, 2.05) is 47.4 Å². The van der Waals surface area contributed by atoms with Crippen LogP contribution >= 0.6 is 0 Å². The largest absolute Gasteiger partial charge is 0.496 e. The molecule has 1 saturated heterocycles. The molecule has 0 saturated carbocycles. The van der Waals surface area contributed by atoms with Gasteiger partial charge in [-0.05, 0) is 42.8 Å². The number of unbranched alkanes of at least 4 members (excludes halogenated alkanes) is 1. The van der Waals surface area contributed by atoms with Gasteiger partial charge in [-0.2, -0.15) is 0 Å². The molecule has 1 aliphatic heterocycles. The third-order valence-electron chi connectivity index (χ3n) is 5.30. The molecule has 6 heteroatoms. The Balaban J connectivity index is 1.57. The normalized spacial score (nSPS) is 14.1. The second-order valence-corrected chi connectivity index (χ2v) is 7.34. The number of carboxylic acids is 1. The minimum atomic E-state index is -0.745. The number of anilines is 1. The van der Waals surface area contributed by atoms with Crippen molar-refractivity contribution in [3.63, 3.8) is 0 Å². The number of hydrogen-bond donors (Lipinski definition) is 1. The molecule has 1 aromatic heterocycles. The summed E-state index contributed by atoms with van der Waals surface area (Å²) < 4.78 is 17.4. The van der Waals surface area contributed by atoms with E-state index in [-0.39, 0.29) is 5.92 Å². The minimum absolute atomic E-state index is 0.301. The smallest absolute Gasteiger partial charge is 0.310 e. The molecule has 152 valence electrons. The van der Waals surface area contributed by atoms with Crippen molar-refractivity contribution < 1.29 is 23.8 Å². The van der Waals surface area contributed by atoms with Crippen molar-refractivity contribution in [2.45, 2.75) is 19.8 Å². The average Bonchev–Trinajstić information content (AvgIpc) is 3.09. The van der Waals surface area contributed by atoms with E-state index in [0.717, 1.165) is 46.6 Å². The van der Waals surface area contributed by atoms with Crippen LogP contribution in [0.4, 0.5) is 5.69 Å². The van der Waals surface area contributed by atoms with Crippen LogP contribution in [0.1, 0.15) is 19.8 Å². The molecule has 1 fully saturated rings. The summed E-state index contributed by atoms with van der Waals surface area (Å²) in [5.41, 5.74) is 2.60. The number of nitrogens with zero attached hydrogens (tertiary/aromatic N) is 1. The van der Waals surface area contributed by atoms with Crippen molar-refractivity contribution in [1.82, 2.24) is 0 Å². The van der Waals surface area contributed by atoms with Crippen molar-refractivity contribution in [2.24, 2.45) is 5.92 Å². The van der Waals surface area contributed by atoms with Gasteiger partial charge in [0.1, 0.15) is 22.8 Å². The van der Waals surface area contributed by atoms with Crippen molar-refractivity contribution in [2.75, 3.05) is 31.7 Å². The fourth-order valence-corrected chi connectivity index (χ4v) is 3.50. The van der Waals surface area contributed by atoms with Gasteiger partial charge in [-0.3, -0.25) is 4.79 Å². The van der Waals surface area contributed by atoms with Crippen LogP contribution in [0.15, 0.2) is 46.9 Å². The topological polar surface area (TPSA) is 72.1 Å². The lowest BCUT2D eigenvalue weighted by Crippen LogP contribution is -2.50. The van der Waals surface area contributed by atoms with Gasteiger partial charge in [0.05, 0.1) is 25.2 Å². The summed E-state index contributed by atoms with van der Waals surface area (Å²) in [6.07, 6.45) is 2.13. The highest BCUT2D eigenvalue weighted by molar-refractivity contribution is 5.86. The molecule has 0 atom stereocenters. The molecule has 0 radical (unpaired) electrons. The summed E-state index contributed by atoms with van der Waals surface area (Å²) in [5, 5.41) is 10.0. The molecular formula is C23H25NO5. The van der Waals surface area contributed by atoms with E-state index in [4.69, 9.17) is 19.0 Å². The second-order valence-electron chi connectivity index (χ2n) is 7.34. The summed E-state index contributed by atoms with van der Waals surface area (Å²) in [7, 11) is 1.63. The number of methoxy groups -OCH3 is 1. The zero-order valence-electron chi connectivity index (χ0n) is 16.7. The third-order valence-corrected chi connectivity index (χ3v) is 5.30. The predicted octanol–water partition coefficient (Wildman–Crippen LogP) is 4.81. The maximum Gasteiger partial charge on any atom is 0.310 e. The number of carbonyl (C=O) groups is 1. The number of hydrogen-bond acceptors (Lipinski definition) is 5. The van der Waals surface area contributed by atoms with Crippen LogP contribution in [-0.4, -0.2) is 37.9 Å². The maximum absolute atomic E-state index is 11.0. The number of furan rings is 1. The number of benzene rings is 2. The van der Waals surface area contributed by atoms with Gasteiger partial charge in [0, 0.05) is 30.2 Å². The zero-order chi connectivity index (χ0) is 20.4. The molecule has 4 rings (SSSR count). The monoisotopic (exact) mass is 395 g/mol. The van der Waals surface area contributed by atoms with Gasteiger partial charge in [0.2, 0.25) is 0 Å². The molecule has 3 aromatic rings. The van der Waals surface area contributed by atoms with Gasteiger partial charge in [-0.1, -0.05) is 13.3 Å². The van der Waals surface area contributed by atoms with Gasteiger partial charge < -0.3 is 23.9 Å². The molecule has 0 bridgehead atoms. The molecule has 6 nitrogen and oxygen atoms in total. The number of rotatable bonds is 8. The molecule has 29 heavy (non-hydrogen) atoms. The fourth-order valence-electron chi connectivity index (χ4n) is 3.50. The molecule has 0 spiro atoms. The van der Waals surface area contributed by atoms with Gasteiger partial charge in [-0.15, -0.1) is 0 Å². The molecule has 2 heterocycles. The van der Waals surface area contributed by atoms with Crippen molar-refractivity contribution in [1.29, 1.82) is 0 Å². The summed E-state index contributed by atoms with van der Waals surface area (Å²) in [6.45, 7) is 3.88. The van der Waals surface area contributed by atoms with Crippen LogP contribution in [0, 0.1) is 5.92 Å². The first-order chi connectivity index (χ1) is 14.1. The van der Waals surface area contributed by atoms with E-state index in [0.29, 0.717) is 25.4 Å². The van der Waals surface area contributed by atoms with Gasteiger partial charge >= 0.3 is 5.97 Å². The Morgan fingerprint density at radius 1 is 1.21 bits per heavy atom. The van der Waals surface area contributed by atoms with Crippen LogP contribution < -0.4 is 14.4 Å². The van der Waals surface area contributed by atoms with E-state index in [1.54, 1.807) is 7.11 Å². The summed E-state index contributed by atoms with van der Waals surface area (Å²) in [5.74, 6) is 1.21. The molecule has 1 N–H and O–H groups in total. The predicted molar refractivity (Wildman–Crippen MR) is 112 cm³/mol. The molecule has 1 aliphatic rings. The lowest BCUT2D eigenvalue weighted by molar-refractivity contribution is -0.142. The standard InChI is InChI=1S/C23H25NO5/c1-3-4-9-28-18-6-8-20-15(10-18)11-22(29-20)19-7-5-17(12-21(19)27-2)24-13-16(14-24)23(25)26/h5-8,10-12,16H,3-4,9,13-14H2,1-2H3,(H,25,26). The Bertz CT molecular complexity index is 1020. The molecular weight excluding hydrogens is 370 g/mol. The Morgan fingerprint density at radius 3 is 2.76 bits per heavy atom. The lowest BCUT2D eigenvalue weighted by atomic mass is 9.99. The highest BCUT2D eigenvalue weighted by Gasteiger charge is 2.33. The highest BCUT2D eigenvalue weighted by atomic mass is 16.5. The first-order valence-electron chi connectivity index (χ1n) is 9.91. The fraction of sp³-hybridized carbons (Fsp3) is 0.348. The maximum atomic E-state index is 11.0. The second kappa shape index (κ2) is 8.07. The van der Waals surface area contributed by atoms with E-state index < -0.39 is 5.97 Å². The van der Waals surface area contributed by atoms with Gasteiger partial charge in [0.25, 0.3) is 0 Å². The molecule has 0 amide bonds. The first-order valence-corrected chi connectivity index (χ1v) is 9.91. The van der Waals surface area contributed by atoms with Gasteiger partial charge in [-0.25, -0.2) is 0 Å². The molecule has 0 unspecified atom stereocenters. The van der Waals surface area contributed by atoms with Crippen LogP contribution in [-0.2, 0) is 4.79 Å². The van der Waals surface area contributed by atoms with Crippen molar-refractivity contribution in [3.05, 3.63) is 42.5 Å². The summed E-state index contributed by atoms with van der Waals surface area (Å²) >= 11 is 0. The Morgan fingerprint density at radius 2 is 2.03 bits per heavy atom. The Hall–Kier alpha value is -3.15. The van der Waals surface area contributed by atoms with E-state index in [2.05, 4.69) is 6.92 Å². The quantitative estimate of drug-likeness (QED) is 0.552. The Labute approximate surface area is 169 Å². The third kappa shape index (κ3) is 3.88. The van der Waals surface area contributed by atoms with Crippen molar-refractivity contribution >= 4 is 22.6 Å². The van der Waals surface area contributed by atoms with Crippen molar-refractivity contribution in [3.8, 4) is 22.8 Å². The van der Waals surface area contributed by atoms with Crippen LogP contribution in [0.5, 0.6) is 11.5 Å². The molecule has 0 aliphatic carbocycles. The summed E-state index contributed by atoms with van der Waals surface area (Å²) in [6, 6.07) is 13.7. The summed E-state index contributed by atoms with van der Waals surface area (Å²) in [4.78, 5) is 13.1. The molecule has 2 aromatic carbocycles. The van der Waals surface area contributed by atoms with Crippen LogP contribution in [0.3, 0.4) is 0 Å². The van der Waals surface area contributed by atoms with E-state index in [1.165, 1.54) is 0 Å². The number of aliphatic carboxylic acids is 1. The zero-order valence-corrected chi connectivity index (χ0v) is 16.7. The Kier molecular flexibility index (Phi) is 5.34. The van der Waals surface area contributed by atoms with E-state index >= 15 is 0 Å². The SMILES string of the molecule is CCCCOc1ccc2oc(-c3ccc(N4CC(C(=O)O)C4)cc3OC)cc2c1. The number of fused-ring (bicyclic) bond motifs is 1. The van der Waals surface area contributed by atoms with Crippen LogP contribution in [0.25, 0.3) is 22.3 Å². The lowest BCUT2D eigenvalue weighted by Gasteiger charge is -2.38. The highest BCUT2D eigenvalue weighted by Crippen LogP contribution is 2.38. The minimum Gasteiger partial charge on any atom is -0.496 e. The van der Waals surface area contributed by atoms with Crippen LogP contribution in [0.2, 0.25) is 0 Å². The average molecular weight is 395 g/mol.